The molecular weight excluding hydrogens is 244 g/mol. The average molecular weight is 261 g/mol. The van der Waals surface area contributed by atoms with E-state index in [2.05, 4.69) is 48.4 Å². The van der Waals surface area contributed by atoms with Gasteiger partial charge >= 0.3 is 0 Å². The van der Waals surface area contributed by atoms with E-state index in [0.29, 0.717) is 5.02 Å². The predicted octanol–water partition coefficient (Wildman–Crippen LogP) is 3.74. The van der Waals surface area contributed by atoms with E-state index in [1.54, 1.807) is 6.20 Å². The number of nitrogens with zero attached hydrogens (tertiary/aromatic N) is 1. The van der Waals surface area contributed by atoms with Gasteiger partial charge in [-0.1, -0.05) is 42.8 Å². The van der Waals surface area contributed by atoms with E-state index in [9.17, 15) is 0 Å². The minimum Gasteiger partial charge on any atom is -0.305 e. The van der Waals surface area contributed by atoms with E-state index in [1.165, 1.54) is 11.1 Å². The van der Waals surface area contributed by atoms with Crippen LogP contribution in [-0.2, 0) is 0 Å². The number of halogens is 1. The third-order valence-electron chi connectivity index (χ3n) is 2.95. The molecule has 1 atom stereocenters. The number of aromatic nitrogens is 1. The SMILES string of the molecule is CCNC(c1ccc(Cl)cn1)c1ccccc1C. The summed E-state index contributed by atoms with van der Waals surface area (Å²) < 4.78 is 0. The summed E-state index contributed by atoms with van der Waals surface area (Å²) in [5.74, 6) is 0. The maximum atomic E-state index is 5.89. The van der Waals surface area contributed by atoms with Gasteiger partial charge in [0.15, 0.2) is 0 Å². The van der Waals surface area contributed by atoms with E-state index in [1.807, 2.05) is 12.1 Å². The van der Waals surface area contributed by atoms with Gasteiger partial charge in [0.1, 0.15) is 0 Å². The molecule has 0 amide bonds. The number of benzene rings is 1. The van der Waals surface area contributed by atoms with Gasteiger partial charge in [0.2, 0.25) is 0 Å². The van der Waals surface area contributed by atoms with Crippen LogP contribution in [-0.4, -0.2) is 11.5 Å². The van der Waals surface area contributed by atoms with Crippen molar-refractivity contribution in [2.45, 2.75) is 19.9 Å². The van der Waals surface area contributed by atoms with Crippen molar-refractivity contribution in [2.75, 3.05) is 6.54 Å². The highest BCUT2D eigenvalue weighted by Crippen LogP contribution is 2.24. The summed E-state index contributed by atoms with van der Waals surface area (Å²) in [6, 6.07) is 12.3. The highest BCUT2D eigenvalue weighted by molar-refractivity contribution is 6.30. The Labute approximate surface area is 113 Å². The molecule has 0 aliphatic heterocycles. The van der Waals surface area contributed by atoms with Crippen LogP contribution < -0.4 is 5.32 Å². The van der Waals surface area contributed by atoms with Crippen LogP contribution >= 0.6 is 11.6 Å². The van der Waals surface area contributed by atoms with Crippen molar-refractivity contribution < 1.29 is 0 Å². The van der Waals surface area contributed by atoms with Gasteiger partial charge in [-0.2, -0.15) is 0 Å². The van der Waals surface area contributed by atoms with Gasteiger partial charge in [0.25, 0.3) is 0 Å². The highest BCUT2D eigenvalue weighted by atomic mass is 35.5. The molecule has 0 saturated carbocycles. The first kappa shape index (κ1) is 13.1. The lowest BCUT2D eigenvalue weighted by Gasteiger charge is -2.19. The Kier molecular flexibility index (Phi) is 4.34. The molecule has 2 aromatic rings. The number of hydrogen-bond acceptors (Lipinski definition) is 2. The van der Waals surface area contributed by atoms with E-state index in [0.717, 1.165) is 12.2 Å². The van der Waals surface area contributed by atoms with Gasteiger partial charge in [-0.05, 0) is 36.7 Å². The van der Waals surface area contributed by atoms with Crippen LogP contribution in [0.3, 0.4) is 0 Å². The molecule has 0 bridgehead atoms. The van der Waals surface area contributed by atoms with E-state index < -0.39 is 0 Å². The van der Waals surface area contributed by atoms with E-state index in [-0.39, 0.29) is 6.04 Å². The zero-order chi connectivity index (χ0) is 13.0. The van der Waals surface area contributed by atoms with Crippen molar-refractivity contribution in [1.82, 2.24) is 10.3 Å². The van der Waals surface area contributed by atoms with Crippen LogP contribution in [0.4, 0.5) is 0 Å². The molecule has 2 rings (SSSR count). The number of pyridine rings is 1. The third-order valence-corrected chi connectivity index (χ3v) is 3.18. The highest BCUT2D eigenvalue weighted by Gasteiger charge is 2.15. The van der Waals surface area contributed by atoms with Gasteiger partial charge in [0.05, 0.1) is 16.8 Å². The number of aryl methyl sites for hydroxylation is 1. The van der Waals surface area contributed by atoms with Crippen molar-refractivity contribution in [1.29, 1.82) is 0 Å². The summed E-state index contributed by atoms with van der Waals surface area (Å²) >= 11 is 5.89. The molecule has 1 N–H and O–H groups in total. The summed E-state index contributed by atoms with van der Waals surface area (Å²) in [4.78, 5) is 4.42. The Bertz CT molecular complexity index is 508. The molecule has 1 unspecified atom stereocenters. The van der Waals surface area contributed by atoms with Crippen LogP contribution in [0.5, 0.6) is 0 Å². The molecule has 0 radical (unpaired) electrons. The maximum absolute atomic E-state index is 5.89. The molecule has 94 valence electrons. The lowest BCUT2D eigenvalue weighted by Crippen LogP contribution is -2.23. The monoisotopic (exact) mass is 260 g/mol. The second kappa shape index (κ2) is 5.98. The zero-order valence-corrected chi connectivity index (χ0v) is 11.4. The lowest BCUT2D eigenvalue weighted by molar-refractivity contribution is 0.613. The maximum Gasteiger partial charge on any atom is 0.0753 e. The van der Waals surface area contributed by atoms with Gasteiger partial charge < -0.3 is 5.32 Å². The first-order valence-electron chi connectivity index (χ1n) is 6.12. The Hall–Kier alpha value is -1.38. The first-order chi connectivity index (χ1) is 8.72. The molecule has 1 heterocycles. The van der Waals surface area contributed by atoms with Gasteiger partial charge in [-0.25, -0.2) is 0 Å². The number of nitrogens with one attached hydrogen (secondary N) is 1. The summed E-state index contributed by atoms with van der Waals surface area (Å²) in [5.41, 5.74) is 3.52. The van der Waals surface area contributed by atoms with Crippen LogP contribution in [0.2, 0.25) is 5.02 Å². The summed E-state index contributed by atoms with van der Waals surface area (Å²) in [6.07, 6.45) is 1.69. The molecule has 18 heavy (non-hydrogen) atoms. The zero-order valence-electron chi connectivity index (χ0n) is 10.7. The molecule has 2 nitrogen and oxygen atoms in total. The number of hydrogen-bond donors (Lipinski definition) is 1. The molecular formula is C15H17ClN2. The molecule has 0 fully saturated rings. The standard InChI is InChI=1S/C15H17ClN2/c1-3-17-15(13-7-5-4-6-11(13)2)14-9-8-12(16)10-18-14/h4-10,15,17H,3H2,1-2H3. The topological polar surface area (TPSA) is 24.9 Å². The largest absolute Gasteiger partial charge is 0.305 e. The van der Waals surface area contributed by atoms with Crippen LogP contribution in [0, 0.1) is 6.92 Å². The Morgan fingerprint density at radius 2 is 2.00 bits per heavy atom. The molecule has 1 aromatic heterocycles. The second-order valence-electron chi connectivity index (χ2n) is 4.25. The third kappa shape index (κ3) is 2.89. The minimum absolute atomic E-state index is 0.119. The summed E-state index contributed by atoms with van der Waals surface area (Å²) in [5, 5.41) is 4.14. The molecule has 0 saturated heterocycles. The molecule has 3 heteroatoms. The van der Waals surface area contributed by atoms with Gasteiger partial charge in [0, 0.05) is 6.20 Å². The summed E-state index contributed by atoms with van der Waals surface area (Å²) in [6.45, 7) is 5.11. The van der Waals surface area contributed by atoms with Gasteiger partial charge in [-0.3, -0.25) is 4.98 Å². The van der Waals surface area contributed by atoms with Crippen molar-refractivity contribution in [3.8, 4) is 0 Å². The Morgan fingerprint density at radius 1 is 1.22 bits per heavy atom. The van der Waals surface area contributed by atoms with Crippen LogP contribution in [0.15, 0.2) is 42.6 Å². The molecule has 0 aliphatic carbocycles. The van der Waals surface area contributed by atoms with Crippen molar-refractivity contribution in [2.24, 2.45) is 0 Å². The van der Waals surface area contributed by atoms with E-state index >= 15 is 0 Å². The quantitative estimate of drug-likeness (QED) is 0.906. The lowest BCUT2D eigenvalue weighted by atomic mass is 9.98. The second-order valence-corrected chi connectivity index (χ2v) is 4.68. The van der Waals surface area contributed by atoms with Crippen LogP contribution in [0.1, 0.15) is 29.8 Å². The van der Waals surface area contributed by atoms with Crippen LogP contribution in [0.25, 0.3) is 0 Å². The fourth-order valence-electron chi connectivity index (χ4n) is 2.05. The fourth-order valence-corrected chi connectivity index (χ4v) is 2.16. The predicted molar refractivity (Wildman–Crippen MR) is 75.9 cm³/mol. The Balaban J connectivity index is 2.40. The molecule has 0 spiro atoms. The smallest absolute Gasteiger partial charge is 0.0753 e. The van der Waals surface area contributed by atoms with Crippen molar-refractivity contribution >= 4 is 11.6 Å². The molecule has 0 aliphatic rings. The molecule has 1 aromatic carbocycles. The number of rotatable bonds is 4. The minimum atomic E-state index is 0.119. The van der Waals surface area contributed by atoms with Gasteiger partial charge in [-0.15, -0.1) is 0 Å². The fraction of sp³-hybridized carbons (Fsp3) is 0.267. The average Bonchev–Trinajstić information content (AvgIpc) is 2.38. The first-order valence-corrected chi connectivity index (χ1v) is 6.50. The van der Waals surface area contributed by atoms with Crippen molar-refractivity contribution in [3.63, 3.8) is 0 Å². The normalized spacial score (nSPS) is 12.4. The van der Waals surface area contributed by atoms with E-state index in [4.69, 9.17) is 11.6 Å². The Morgan fingerprint density at radius 3 is 2.61 bits per heavy atom. The van der Waals surface area contributed by atoms with Crippen molar-refractivity contribution in [3.05, 3.63) is 64.4 Å². The summed E-state index contributed by atoms with van der Waals surface area (Å²) in [7, 11) is 0.